The van der Waals surface area contributed by atoms with E-state index in [1.165, 1.54) is 0 Å². The highest BCUT2D eigenvalue weighted by atomic mass is 35.5. The molecular weight excluding hydrogens is 372 g/mol. The number of nitrogens with zero attached hydrogens (tertiary/aromatic N) is 2. The Hall–Kier alpha value is -2.33. The summed E-state index contributed by atoms with van der Waals surface area (Å²) in [6.07, 6.45) is 0.413. The molecule has 0 unspecified atom stereocenters. The maximum atomic E-state index is 13.1. The maximum Gasteiger partial charge on any atom is 0.224 e. The summed E-state index contributed by atoms with van der Waals surface area (Å²) in [5, 5.41) is 0.694. The molecule has 2 aromatic carbocycles. The topological polar surface area (TPSA) is 41.9 Å². The van der Waals surface area contributed by atoms with Crippen LogP contribution in [0.3, 0.4) is 0 Å². The summed E-state index contributed by atoms with van der Waals surface area (Å²) in [7, 11) is 1.65. The highest BCUT2D eigenvalue weighted by Gasteiger charge is 2.55. The zero-order valence-electron chi connectivity index (χ0n) is 16.8. The minimum absolute atomic E-state index is 0.139. The number of methoxy groups -OCH3 is 1. The minimum Gasteiger partial charge on any atom is -0.497 e. The standard InChI is InChI=1S/C23H25ClN2O2/c1-22(2,3)21-23(20-17(24)6-5-7-18(20)25-21)12-19(27)26(14-23)13-15-8-10-16(28-4)11-9-15/h5-11H,12-14H2,1-4H3/t23-/m1/s1. The summed E-state index contributed by atoms with van der Waals surface area (Å²) >= 11 is 6.63. The van der Waals surface area contributed by atoms with Crippen LogP contribution in [0.15, 0.2) is 47.5 Å². The lowest BCUT2D eigenvalue weighted by Crippen LogP contribution is -2.43. The summed E-state index contributed by atoms with van der Waals surface area (Å²) in [6.45, 7) is 7.64. The fourth-order valence-corrected chi connectivity index (χ4v) is 4.92. The molecule has 0 N–H and O–H groups in total. The number of fused-ring (bicyclic) bond motifs is 2. The van der Waals surface area contributed by atoms with E-state index in [-0.39, 0.29) is 11.3 Å². The molecule has 1 atom stereocenters. The second-order valence-electron chi connectivity index (χ2n) is 8.70. The fourth-order valence-electron chi connectivity index (χ4n) is 4.57. The third-order valence-corrected chi connectivity index (χ3v) is 5.98. The Bertz CT molecular complexity index is 960. The van der Waals surface area contributed by atoms with Crippen molar-refractivity contribution < 1.29 is 9.53 Å². The smallest absolute Gasteiger partial charge is 0.224 e. The number of hydrogen-bond acceptors (Lipinski definition) is 3. The van der Waals surface area contributed by atoms with Crippen LogP contribution in [0.1, 0.15) is 38.3 Å². The first-order valence-corrected chi connectivity index (χ1v) is 9.92. The van der Waals surface area contributed by atoms with Gasteiger partial charge in [-0.2, -0.15) is 0 Å². The van der Waals surface area contributed by atoms with Crippen molar-refractivity contribution in [2.75, 3.05) is 13.7 Å². The molecule has 28 heavy (non-hydrogen) atoms. The molecule has 0 bridgehead atoms. The van der Waals surface area contributed by atoms with E-state index < -0.39 is 5.41 Å². The number of carbonyl (C=O) groups is 1. The molecule has 1 saturated heterocycles. The highest BCUT2D eigenvalue weighted by Crippen LogP contribution is 2.53. The van der Waals surface area contributed by atoms with Crippen LogP contribution in [0.4, 0.5) is 5.69 Å². The van der Waals surface area contributed by atoms with Crippen LogP contribution in [0, 0.1) is 5.41 Å². The Morgan fingerprint density at radius 2 is 1.89 bits per heavy atom. The molecule has 0 aliphatic carbocycles. The normalized spacial score (nSPS) is 21.2. The van der Waals surface area contributed by atoms with Gasteiger partial charge in [0.2, 0.25) is 5.91 Å². The predicted octanol–water partition coefficient (Wildman–Crippen LogP) is 5.15. The van der Waals surface area contributed by atoms with Gasteiger partial charge in [0.15, 0.2) is 0 Å². The summed E-state index contributed by atoms with van der Waals surface area (Å²) in [5.41, 5.74) is 3.43. The first-order chi connectivity index (χ1) is 13.2. The van der Waals surface area contributed by atoms with Gasteiger partial charge in [-0.25, -0.2) is 0 Å². The van der Waals surface area contributed by atoms with Crippen LogP contribution in [0.2, 0.25) is 5.02 Å². The second-order valence-corrected chi connectivity index (χ2v) is 9.11. The third-order valence-electron chi connectivity index (χ3n) is 5.67. The molecule has 2 aliphatic heterocycles. The van der Waals surface area contributed by atoms with Crippen molar-refractivity contribution >= 4 is 28.9 Å². The van der Waals surface area contributed by atoms with Gasteiger partial charge in [0.1, 0.15) is 5.75 Å². The molecular formula is C23H25ClN2O2. The van der Waals surface area contributed by atoms with Crippen molar-refractivity contribution in [2.45, 2.75) is 39.2 Å². The van der Waals surface area contributed by atoms with E-state index in [0.29, 0.717) is 24.5 Å². The van der Waals surface area contributed by atoms with Crippen molar-refractivity contribution in [3.8, 4) is 5.75 Å². The van der Waals surface area contributed by atoms with Crippen LogP contribution < -0.4 is 4.74 Å². The zero-order chi connectivity index (χ0) is 20.1. The number of carbonyl (C=O) groups excluding carboxylic acids is 1. The molecule has 2 aliphatic rings. The average molecular weight is 397 g/mol. The van der Waals surface area contributed by atoms with Crippen LogP contribution in [0.25, 0.3) is 0 Å². The molecule has 0 aromatic heterocycles. The molecule has 2 heterocycles. The Morgan fingerprint density at radius 3 is 2.54 bits per heavy atom. The van der Waals surface area contributed by atoms with E-state index in [2.05, 4.69) is 20.8 Å². The van der Waals surface area contributed by atoms with E-state index >= 15 is 0 Å². The van der Waals surface area contributed by atoms with E-state index in [0.717, 1.165) is 28.3 Å². The van der Waals surface area contributed by atoms with Crippen LogP contribution in [0.5, 0.6) is 5.75 Å². The summed E-state index contributed by atoms with van der Waals surface area (Å²) in [4.78, 5) is 19.9. The number of likely N-dealkylation sites (tertiary alicyclic amines) is 1. The summed E-state index contributed by atoms with van der Waals surface area (Å²) in [6, 6.07) is 13.7. The molecule has 4 rings (SSSR count). The molecule has 1 spiro atoms. The molecule has 5 heteroatoms. The van der Waals surface area contributed by atoms with Crippen LogP contribution >= 0.6 is 11.6 Å². The van der Waals surface area contributed by atoms with Crippen molar-refractivity contribution in [3.63, 3.8) is 0 Å². The quantitative estimate of drug-likeness (QED) is 0.719. The first kappa shape index (κ1) is 19.0. The Balaban J connectivity index is 1.71. The molecule has 2 aromatic rings. The Kier molecular flexibility index (Phi) is 4.50. The molecule has 146 valence electrons. The molecule has 4 nitrogen and oxygen atoms in total. The number of rotatable bonds is 3. The van der Waals surface area contributed by atoms with Gasteiger partial charge in [-0.05, 0) is 29.8 Å². The molecule has 0 radical (unpaired) electrons. The third kappa shape index (κ3) is 3.00. The zero-order valence-corrected chi connectivity index (χ0v) is 17.5. The lowest BCUT2D eigenvalue weighted by Gasteiger charge is -2.34. The van der Waals surface area contributed by atoms with Crippen molar-refractivity contribution in [3.05, 3.63) is 58.6 Å². The van der Waals surface area contributed by atoms with Gasteiger partial charge in [-0.15, -0.1) is 0 Å². The van der Waals surface area contributed by atoms with Crippen LogP contribution in [-0.4, -0.2) is 30.2 Å². The molecule has 1 amide bonds. The van der Waals surface area contributed by atoms with Gasteiger partial charge in [0, 0.05) is 41.2 Å². The van der Waals surface area contributed by atoms with E-state index in [1.807, 2.05) is 47.4 Å². The maximum absolute atomic E-state index is 13.1. The Morgan fingerprint density at radius 1 is 1.18 bits per heavy atom. The van der Waals surface area contributed by atoms with Gasteiger partial charge in [-0.3, -0.25) is 9.79 Å². The molecule has 0 saturated carbocycles. The molecule has 1 fully saturated rings. The fraction of sp³-hybridized carbons (Fsp3) is 0.391. The van der Waals surface area contributed by atoms with Crippen molar-refractivity contribution in [1.82, 2.24) is 4.90 Å². The van der Waals surface area contributed by atoms with Gasteiger partial charge < -0.3 is 9.64 Å². The van der Waals surface area contributed by atoms with E-state index in [4.69, 9.17) is 21.3 Å². The monoisotopic (exact) mass is 396 g/mol. The van der Waals surface area contributed by atoms with Gasteiger partial charge in [0.25, 0.3) is 0 Å². The largest absolute Gasteiger partial charge is 0.497 e. The number of benzene rings is 2. The van der Waals surface area contributed by atoms with Crippen molar-refractivity contribution in [1.29, 1.82) is 0 Å². The lowest BCUT2D eigenvalue weighted by molar-refractivity contribution is -0.128. The number of aliphatic imine (C=N–C) groups is 1. The predicted molar refractivity (Wildman–Crippen MR) is 113 cm³/mol. The number of halogens is 1. The van der Waals surface area contributed by atoms with Crippen molar-refractivity contribution in [2.24, 2.45) is 10.4 Å². The van der Waals surface area contributed by atoms with E-state index in [9.17, 15) is 4.79 Å². The SMILES string of the molecule is COc1ccc(CN2C[C@@]3(CC2=O)C(C(C)(C)C)=Nc2cccc(Cl)c23)cc1. The minimum atomic E-state index is -0.449. The Labute approximate surface area is 171 Å². The highest BCUT2D eigenvalue weighted by molar-refractivity contribution is 6.33. The summed E-state index contributed by atoms with van der Waals surface area (Å²) < 4.78 is 5.23. The number of hydrogen-bond donors (Lipinski definition) is 0. The number of amides is 1. The average Bonchev–Trinajstić information content (AvgIpc) is 3.14. The van der Waals surface area contributed by atoms with Gasteiger partial charge in [0.05, 0.1) is 18.2 Å². The number of ether oxygens (including phenoxy) is 1. The van der Waals surface area contributed by atoms with Crippen LogP contribution in [-0.2, 0) is 16.8 Å². The van der Waals surface area contributed by atoms with E-state index in [1.54, 1.807) is 7.11 Å². The van der Waals surface area contributed by atoms with Gasteiger partial charge in [-0.1, -0.05) is 50.6 Å². The second kappa shape index (κ2) is 6.63. The summed E-state index contributed by atoms with van der Waals surface area (Å²) in [5.74, 6) is 0.951. The lowest BCUT2D eigenvalue weighted by atomic mass is 9.68. The van der Waals surface area contributed by atoms with Gasteiger partial charge >= 0.3 is 0 Å². The first-order valence-electron chi connectivity index (χ1n) is 9.54.